The molecular weight excluding hydrogens is 360 g/mol. The van der Waals surface area contributed by atoms with Crippen molar-refractivity contribution in [1.29, 1.82) is 0 Å². The number of aromatic nitrogens is 1. The van der Waals surface area contributed by atoms with Gasteiger partial charge in [0.15, 0.2) is 5.58 Å². The van der Waals surface area contributed by atoms with Gasteiger partial charge in [-0.25, -0.2) is 4.98 Å². The molecule has 0 aliphatic rings. The lowest BCUT2D eigenvalue weighted by atomic mass is 10.1. The highest BCUT2D eigenvalue weighted by atomic mass is 16.3. The number of hydrogen-bond donors (Lipinski definition) is 1. The van der Waals surface area contributed by atoms with Crippen LogP contribution in [-0.2, 0) is 6.54 Å². The fraction of sp³-hybridized carbons (Fsp3) is 0.200. The van der Waals surface area contributed by atoms with Crippen molar-refractivity contribution >= 4 is 17.0 Å². The number of hydrogen-bond acceptors (Lipinski definition) is 3. The van der Waals surface area contributed by atoms with E-state index < -0.39 is 0 Å². The van der Waals surface area contributed by atoms with Crippen LogP contribution < -0.4 is 5.32 Å². The van der Waals surface area contributed by atoms with E-state index in [0.717, 1.165) is 33.4 Å². The second kappa shape index (κ2) is 7.55. The van der Waals surface area contributed by atoms with Gasteiger partial charge in [-0.05, 0) is 80.8 Å². The molecule has 1 N–H and O–H groups in total. The van der Waals surface area contributed by atoms with Crippen LogP contribution >= 0.6 is 0 Å². The molecule has 0 aliphatic heterocycles. The Kier molecular flexibility index (Phi) is 4.93. The van der Waals surface area contributed by atoms with E-state index in [0.29, 0.717) is 18.0 Å². The van der Waals surface area contributed by atoms with E-state index in [2.05, 4.69) is 36.3 Å². The monoisotopic (exact) mass is 384 g/mol. The molecule has 0 fully saturated rings. The van der Waals surface area contributed by atoms with E-state index in [-0.39, 0.29) is 5.91 Å². The third kappa shape index (κ3) is 4.06. The highest BCUT2D eigenvalue weighted by molar-refractivity contribution is 5.94. The van der Waals surface area contributed by atoms with Crippen molar-refractivity contribution in [2.24, 2.45) is 0 Å². The maximum atomic E-state index is 12.4. The van der Waals surface area contributed by atoms with Crippen molar-refractivity contribution in [3.05, 3.63) is 88.0 Å². The fourth-order valence-electron chi connectivity index (χ4n) is 3.46. The topological polar surface area (TPSA) is 55.1 Å². The molecule has 1 amide bonds. The summed E-state index contributed by atoms with van der Waals surface area (Å²) in [6.07, 6.45) is 0. The zero-order chi connectivity index (χ0) is 20.5. The van der Waals surface area contributed by atoms with Gasteiger partial charge in [0.2, 0.25) is 5.89 Å². The van der Waals surface area contributed by atoms with Gasteiger partial charge in [-0.1, -0.05) is 29.3 Å². The van der Waals surface area contributed by atoms with Gasteiger partial charge in [-0.2, -0.15) is 0 Å². The Morgan fingerprint density at radius 3 is 2.24 bits per heavy atom. The first kappa shape index (κ1) is 18.9. The molecule has 0 saturated carbocycles. The molecule has 29 heavy (non-hydrogen) atoms. The second-order valence-electron chi connectivity index (χ2n) is 7.68. The summed E-state index contributed by atoms with van der Waals surface area (Å²) in [6, 6.07) is 17.9. The molecule has 0 unspecified atom stereocenters. The Labute approximate surface area is 170 Å². The first-order chi connectivity index (χ1) is 13.9. The van der Waals surface area contributed by atoms with Crippen LogP contribution in [0, 0.1) is 27.7 Å². The third-order valence-corrected chi connectivity index (χ3v) is 5.14. The molecule has 1 heterocycles. The highest BCUT2D eigenvalue weighted by Gasteiger charge is 2.10. The lowest BCUT2D eigenvalue weighted by Gasteiger charge is -2.08. The summed E-state index contributed by atoms with van der Waals surface area (Å²) >= 11 is 0. The molecule has 4 heteroatoms. The number of benzene rings is 3. The average Bonchev–Trinajstić information content (AvgIpc) is 3.08. The van der Waals surface area contributed by atoms with Gasteiger partial charge in [0.1, 0.15) is 5.52 Å². The van der Waals surface area contributed by atoms with E-state index in [1.54, 1.807) is 0 Å². The van der Waals surface area contributed by atoms with Crippen LogP contribution in [0.1, 0.15) is 38.2 Å². The first-order valence-electron chi connectivity index (χ1n) is 9.72. The second-order valence-corrected chi connectivity index (χ2v) is 7.68. The van der Waals surface area contributed by atoms with Crippen LogP contribution in [-0.4, -0.2) is 10.9 Å². The highest BCUT2D eigenvalue weighted by Crippen LogP contribution is 2.26. The maximum absolute atomic E-state index is 12.4. The molecule has 0 saturated heterocycles. The van der Waals surface area contributed by atoms with Gasteiger partial charge in [0, 0.05) is 17.7 Å². The van der Waals surface area contributed by atoms with Crippen LogP contribution in [0.3, 0.4) is 0 Å². The van der Waals surface area contributed by atoms with Crippen LogP contribution in [0.5, 0.6) is 0 Å². The average molecular weight is 384 g/mol. The maximum Gasteiger partial charge on any atom is 0.251 e. The lowest BCUT2D eigenvalue weighted by molar-refractivity contribution is 0.0950. The van der Waals surface area contributed by atoms with E-state index >= 15 is 0 Å². The minimum absolute atomic E-state index is 0.0643. The minimum atomic E-state index is -0.0643. The molecular formula is C25H24N2O2. The Hall–Kier alpha value is -3.40. The SMILES string of the molecule is Cc1cc(C)cc(C(=O)NCc2ccc(-c3nc4cc(C)c(C)cc4o3)cc2)c1. The predicted octanol–water partition coefficient (Wildman–Crippen LogP) is 5.66. The molecule has 4 nitrogen and oxygen atoms in total. The minimum Gasteiger partial charge on any atom is -0.436 e. The van der Waals surface area contributed by atoms with E-state index in [4.69, 9.17) is 4.42 Å². The number of amides is 1. The van der Waals surface area contributed by atoms with Gasteiger partial charge < -0.3 is 9.73 Å². The number of oxazole rings is 1. The summed E-state index contributed by atoms with van der Waals surface area (Å²) in [4.78, 5) is 17.0. The molecule has 4 rings (SSSR count). The van der Waals surface area contributed by atoms with Crippen LogP contribution in [0.2, 0.25) is 0 Å². The number of nitrogens with one attached hydrogen (secondary N) is 1. The van der Waals surface area contributed by atoms with E-state index in [9.17, 15) is 4.79 Å². The molecule has 0 atom stereocenters. The fourth-order valence-corrected chi connectivity index (χ4v) is 3.46. The summed E-state index contributed by atoms with van der Waals surface area (Å²) in [5.41, 5.74) is 8.86. The summed E-state index contributed by atoms with van der Waals surface area (Å²) in [5, 5.41) is 2.98. The van der Waals surface area contributed by atoms with Gasteiger partial charge >= 0.3 is 0 Å². The summed E-state index contributed by atoms with van der Waals surface area (Å²) in [7, 11) is 0. The van der Waals surface area contributed by atoms with Gasteiger partial charge in [-0.3, -0.25) is 4.79 Å². The van der Waals surface area contributed by atoms with Crippen molar-refractivity contribution in [2.75, 3.05) is 0 Å². The molecule has 4 aromatic rings. The summed E-state index contributed by atoms with van der Waals surface area (Å²) < 4.78 is 5.93. The number of fused-ring (bicyclic) bond motifs is 1. The molecule has 0 radical (unpaired) electrons. The van der Waals surface area contributed by atoms with Crippen molar-refractivity contribution in [3.63, 3.8) is 0 Å². The predicted molar refractivity (Wildman–Crippen MR) is 116 cm³/mol. The number of carbonyl (C=O) groups excluding carboxylic acids is 1. The number of aryl methyl sites for hydroxylation is 4. The van der Waals surface area contributed by atoms with E-state index in [1.807, 2.05) is 56.3 Å². The lowest BCUT2D eigenvalue weighted by Crippen LogP contribution is -2.22. The van der Waals surface area contributed by atoms with Gasteiger partial charge in [0.05, 0.1) is 0 Å². The normalized spacial score (nSPS) is 11.0. The summed E-state index contributed by atoms with van der Waals surface area (Å²) in [6.45, 7) is 8.61. The van der Waals surface area contributed by atoms with Gasteiger partial charge in [0.25, 0.3) is 5.91 Å². The Morgan fingerprint density at radius 1 is 0.897 bits per heavy atom. The smallest absolute Gasteiger partial charge is 0.251 e. The number of carbonyl (C=O) groups is 1. The van der Waals surface area contributed by atoms with Crippen LogP contribution in [0.25, 0.3) is 22.6 Å². The molecule has 3 aromatic carbocycles. The standard InChI is InChI=1S/C25H24N2O2/c1-15-9-16(2)11-21(10-15)24(28)26-14-19-5-7-20(8-6-19)25-27-22-12-17(3)18(4)13-23(22)29-25/h5-13H,14H2,1-4H3,(H,26,28). The van der Waals surface area contributed by atoms with Crippen LogP contribution in [0.15, 0.2) is 59.0 Å². The molecule has 0 bridgehead atoms. The summed E-state index contributed by atoms with van der Waals surface area (Å²) in [5.74, 6) is 0.543. The van der Waals surface area contributed by atoms with Crippen LogP contribution in [0.4, 0.5) is 0 Å². The Bertz CT molecular complexity index is 1140. The van der Waals surface area contributed by atoms with Gasteiger partial charge in [-0.15, -0.1) is 0 Å². The molecule has 0 aliphatic carbocycles. The van der Waals surface area contributed by atoms with Crippen molar-refractivity contribution in [2.45, 2.75) is 34.2 Å². The van der Waals surface area contributed by atoms with Crippen molar-refractivity contribution in [3.8, 4) is 11.5 Å². The Balaban J connectivity index is 1.47. The number of nitrogens with zero attached hydrogens (tertiary/aromatic N) is 1. The van der Waals surface area contributed by atoms with Crippen molar-refractivity contribution in [1.82, 2.24) is 10.3 Å². The largest absolute Gasteiger partial charge is 0.436 e. The van der Waals surface area contributed by atoms with Crippen molar-refractivity contribution < 1.29 is 9.21 Å². The van der Waals surface area contributed by atoms with E-state index in [1.165, 1.54) is 11.1 Å². The zero-order valence-corrected chi connectivity index (χ0v) is 17.2. The molecule has 0 spiro atoms. The number of rotatable bonds is 4. The quantitative estimate of drug-likeness (QED) is 0.494. The molecule has 1 aromatic heterocycles. The Morgan fingerprint density at radius 2 is 1.55 bits per heavy atom. The third-order valence-electron chi connectivity index (χ3n) is 5.14. The molecule has 146 valence electrons. The zero-order valence-electron chi connectivity index (χ0n) is 17.2. The first-order valence-corrected chi connectivity index (χ1v) is 9.72.